The molecule has 0 unspecified atom stereocenters. The summed E-state index contributed by atoms with van der Waals surface area (Å²) in [4.78, 5) is 18.6. The number of hydrogen-bond acceptors (Lipinski definition) is 3. The molecule has 2 N–H and O–H groups in total. The van der Waals surface area contributed by atoms with Crippen LogP contribution in [0.15, 0.2) is 12.1 Å². The minimum Gasteiger partial charge on any atom is -0.384 e. The van der Waals surface area contributed by atoms with Gasteiger partial charge in [-0.25, -0.2) is 4.98 Å². The Morgan fingerprint density at radius 3 is 2.74 bits per heavy atom. The molecule has 1 amide bonds. The number of rotatable bonds is 1. The monoisotopic (exact) mass is 261 g/mol. The molecule has 0 bridgehead atoms. The number of aromatic nitrogens is 1. The van der Waals surface area contributed by atoms with E-state index in [1.807, 2.05) is 17.9 Å². The van der Waals surface area contributed by atoms with Crippen LogP contribution in [0.3, 0.4) is 0 Å². The van der Waals surface area contributed by atoms with Crippen molar-refractivity contribution in [3.8, 4) is 0 Å². The van der Waals surface area contributed by atoms with Gasteiger partial charge in [0.1, 0.15) is 5.82 Å². The summed E-state index contributed by atoms with van der Waals surface area (Å²) in [5.41, 5.74) is 7.50. The highest BCUT2D eigenvalue weighted by atomic mass is 16.2. The lowest BCUT2D eigenvalue weighted by Crippen LogP contribution is -2.32. The molecule has 1 saturated heterocycles. The molecule has 1 fully saturated rings. The van der Waals surface area contributed by atoms with Crippen LogP contribution in [0.1, 0.15) is 49.2 Å². The predicted octanol–water partition coefficient (Wildman–Crippen LogP) is 2.62. The Bertz CT molecular complexity index is 462. The number of aryl methyl sites for hydroxylation is 1. The topological polar surface area (TPSA) is 59.2 Å². The van der Waals surface area contributed by atoms with E-state index < -0.39 is 0 Å². The first-order valence-corrected chi connectivity index (χ1v) is 6.91. The summed E-state index contributed by atoms with van der Waals surface area (Å²) in [5, 5.41) is 0. The number of nitrogen functional groups attached to an aromatic ring is 1. The highest BCUT2D eigenvalue weighted by Gasteiger charge is 2.26. The highest BCUT2D eigenvalue weighted by Crippen LogP contribution is 2.30. The van der Waals surface area contributed by atoms with Gasteiger partial charge in [-0.1, -0.05) is 13.8 Å². The molecule has 0 atom stereocenters. The lowest BCUT2D eigenvalue weighted by Gasteiger charge is -2.23. The van der Waals surface area contributed by atoms with E-state index in [4.69, 9.17) is 5.73 Å². The smallest absolute Gasteiger partial charge is 0.254 e. The first-order valence-electron chi connectivity index (χ1n) is 6.91. The molecule has 1 aromatic heterocycles. The minimum absolute atomic E-state index is 0.0786. The maximum Gasteiger partial charge on any atom is 0.254 e. The predicted molar refractivity (Wildman–Crippen MR) is 76.9 cm³/mol. The molecule has 0 spiro atoms. The van der Waals surface area contributed by atoms with Crippen LogP contribution in [-0.2, 0) is 0 Å². The molecule has 19 heavy (non-hydrogen) atoms. The van der Waals surface area contributed by atoms with E-state index in [1.54, 1.807) is 6.07 Å². The molecule has 1 aliphatic rings. The van der Waals surface area contributed by atoms with E-state index in [1.165, 1.54) is 6.42 Å². The maximum absolute atomic E-state index is 12.5. The second-order valence-electron chi connectivity index (χ2n) is 6.23. The van der Waals surface area contributed by atoms with Gasteiger partial charge in [-0.3, -0.25) is 4.79 Å². The first kappa shape index (κ1) is 13.8. The minimum atomic E-state index is 0.0786. The van der Waals surface area contributed by atoms with Crippen molar-refractivity contribution < 1.29 is 4.79 Å². The van der Waals surface area contributed by atoms with Gasteiger partial charge in [-0.15, -0.1) is 0 Å². The van der Waals surface area contributed by atoms with Crippen molar-refractivity contribution in [1.29, 1.82) is 0 Å². The standard InChI is InChI=1S/C15H23N3O/c1-11-9-12(10-13(16)17-11)14(19)18-7-4-5-15(2,3)6-8-18/h9-10H,4-8H2,1-3H3,(H2,16,17). The molecular weight excluding hydrogens is 238 g/mol. The molecule has 0 aliphatic carbocycles. The summed E-state index contributed by atoms with van der Waals surface area (Å²) in [7, 11) is 0. The Labute approximate surface area is 115 Å². The lowest BCUT2D eigenvalue weighted by atomic mass is 9.85. The molecule has 4 heteroatoms. The molecule has 0 radical (unpaired) electrons. The average molecular weight is 261 g/mol. The molecule has 1 aliphatic heterocycles. The molecule has 2 rings (SSSR count). The van der Waals surface area contributed by atoms with E-state index in [9.17, 15) is 4.79 Å². The number of hydrogen-bond donors (Lipinski definition) is 1. The molecular formula is C15H23N3O. The molecule has 104 valence electrons. The summed E-state index contributed by atoms with van der Waals surface area (Å²) in [6.07, 6.45) is 3.30. The first-order chi connectivity index (χ1) is 8.87. The number of nitrogens with zero attached hydrogens (tertiary/aromatic N) is 2. The zero-order valence-electron chi connectivity index (χ0n) is 12.1. The fourth-order valence-electron chi connectivity index (χ4n) is 2.63. The summed E-state index contributed by atoms with van der Waals surface area (Å²) in [6.45, 7) is 8.07. The van der Waals surface area contributed by atoms with E-state index in [0.717, 1.165) is 31.6 Å². The van der Waals surface area contributed by atoms with Gasteiger partial charge in [0.15, 0.2) is 0 Å². The van der Waals surface area contributed by atoms with Crippen molar-refractivity contribution in [2.24, 2.45) is 5.41 Å². The summed E-state index contributed by atoms with van der Waals surface area (Å²) in [5.74, 6) is 0.494. The van der Waals surface area contributed by atoms with Crippen LogP contribution in [0.2, 0.25) is 0 Å². The third kappa shape index (κ3) is 3.46. The number of carbonyl (C=O) groups excluding carboxylic acids is 1. The fraction of sp³-hybridized carbons (Fsp3) is 0.600. The van der Waals surface area contributed by atoms with Gasteiger partial charge < -0.3 is 10.6 Å². The normalized spacial score (nSPS) is 19.0. The summed E-state index contributed by atoms with van der Waals surface area (Å²) < 4.78 is 0. The van der Waals surface area contributed by atoms with Gasteiger partial charge in [0.2, 0.25) is 0 Å². The Morgan fingerprint density at radius 2 is 2.05 bits per heavy atom. The van der Waals surface area contributed by atoms with Crippen LogP contribution in [-0.4, -0.2) is 28.9 Å². The quantitative estimate of drug-likeness (QED) is 0.845. The van der Waals surface area contributed by atoms with Crippen molar-refractivity contribution in [2.45, 2.75) is 40.0 Å². The van der Waals surface area contributed by atoms with Gasteiger partial charge in [-0.2, -0.15) is 0 Å². The Kier molecular flexibility index (Phi) is 3.78. The van der Waals surface area contributed by atoms with Crippen molar-refractivity contribution in [2.75, 3.05) is 18.8 Å². The molecule has 4 nitrogen and oxygen atoms in total. The third-order valence-corrected chi connectivity index (χ3v) is 3.85. The zero-order valence-corrected chi connectivity index (χ0v) is 12.1. The Hall–Kier alpha value is -1.58. The summed E-state index contributed by atoms with van der Waals surface area (Å²) >= 11 is 0. The van der Waals surface area contributed by atoms with E-state index in [-0.39, 0.29) is 5.91 Å². The van der Waals surface area contributed by atoms with Gasteiger partial charge >= 0.3 is 0 Å². The number of nitrogens with two attached hydrogens (primary N) is 1. The number of pyridine rings is 1. The second kappa shape index (κ2) is 5.19. The maximum atomic E-state index is 12.5. The summed E-state index contributed by atoms with van der Waals surface area (Å²) in [6, 6.07) is 3.49. The zero-order chi connectivity index (χ0) is 14.0. The van der Waals surface area contributed by atoms with E-state index in [2.05, 4.69) is 18.8 Å². The van der Waals surface area contributed by atoms with E-state index in [0.29, 0.717) is 16.8 Å². The largest absolute Gasteiger partial charge is 0.384 e. The van der Waals surface area contributed by atoms with Crippen LogP contribution < -0.4 is 5.73 Å². The van der Waals surface area contributed by atoms with Gasteiger partial charge in [0, 0.05) is 24.3 Å². The van der Waals surface area contributed by atoms with E-state index >= 15 is 0 Å². The molecule has 1 aromatic rings. The number of anilines is 1. The van der Waals surface area contributed by atoms with Crippen molar-refractivity contribution in [3.05, 3.63) is 23.4 Å². The van der Waals surface area contributed by atoms with Crippen molar-refractivity contribution >= 4 is 11.7 Å². The third-order valence-electron chi connectivity index (χ3n) is 3.85. The Balaban J connectivity index is 2.15. The van der Waals surface area contributed by atoms with Crippen molar-refractivity contribution in [1.82, 2.24) is 9.88 Å². The second-order valence-corrected chi connectivity index (χ2v) is 6.23. The fourth-order valence-corrected chi connectivity index (χ4v) is 2.63. The highest BCUT2D eigenvalue weighted by molar-refractivity contribution is 5.95. The van der Waals surface area contributed by atoms with Crippen LogP contribution in [0.4, 0.5) is 5.82 Å². The number of likely N-dealkylation sites (tertiary alicyclic amines) is 1. The SMILES string of the molecule is Cc1cc(C(=O)N2CCCC(C)(C)CC2)cc(N)n1. The molecule has 2 heterocycles. The average Bonchev–Trinajstić information content (AvgIpc) is 2.48. The molecule has 0 saturated carbocycles. The Morgan fingerprint density at radius 1 is 1.32 bits per heavy atom. The van der Waals surface area contributed by atoms with Crippen LogP contribution in [0.25, 0.3) is 0 Å². The van der Waals surface area contributed by atoms with Crippen molar-refractivity contribution in [3.63, 3.8) is 0 Å². The molecule has 0 aromatic carbocycles. The van der Waals surface area contributed by atoms with Crippen LogP contribution >= 0.6 is 0 Å². The van der Waals surface area contributed by atoms with Gasteiger partial charge in [0.05, 0.1) is 0 Å². The lowest BCUT2D eigenvalue weighted by molar-refractivity contribution is 0.0757. The number of carbonyl (C=O) groups is 1. The van der Waals surface area contributed by atoms with Crippen LogP contribution in [0.5, 0.6) is 0 Å². The number of amides is 1. The van der Waals surface area contributed by atoms with Gasteiger partial charge in [0.25, 0.3) is 5.91 Å². The van der Waals surface area contributed by atoms with Gasteiger partial charge in [-0.05, 0) is 43.7 Å². The van der Waals surface area contributed by atoms with Crippen LogP contribution in [0, 0.1) is 12.3 Å².